The van der Waals surface area contributed by atoms with Crippen LogP contribution in [0.15, 0.2) is 27.6 Å². The normalized spacial score (nSPS) is 16.1. The molecule has 0 spiro atoms. The van der Waals surface area contributed by atoms with Crippen LogP contribution in [-0.2, 0) is 14.8 Å². The van der Waals surface area contributed by atoms with E-state index in [0.29, 0.717) is 4.47 Å². The summed E-state index contributed by atoms with van der Waals surface area (Å²) in [4.78, 5) is 11.8. The molecule has 18 heavy (non-hydrogen) atoms. The standard InChI is InChI=1S/C11H12BrNO4S/c12-10-5-4-8(18(13,15)16)6-9(10)11(14)17-7-2-1-3-7/h4-7H,1-3H2,(H2,13,15,16). The summed E-state index contributed by atoms with van der Waals surface area (Å²) in [6.07, 6.45) is 2.72. The van der Waals surface area contributed by atoms with Gasteiger partial charge in [0.1, 0.15) is 6.10 Å². The van der Waals surface area contributed by atoms with Crippen LogP contribution in [0.2, 0.25) is 0 Å². The van der Waals surface area contributed by atoms with Gasteiger partial charge in [-0.25, -0.2) is 18.4 Å². The molecule has 2 N–H and O–H groups in total. The molecule has 1 aromatic rings. The van der Waals surface area contributed by atoms with E-state index < -0.39 is 16.0 Å². The highest BCUT2D eigenvalue weighted by Gasteiger charge is 2.24. The average Bonchev–Trinajstić information content (AvgIpc) is 2.22. The molecular weight excluding hydrogens is 322 g/mol. The van der Waals surface area contributed by atoms with E-state index in [4.69, 9.17) is 9.88 Å². The molecular formula is C11H12BrNO4S. The molecule has 7 heteroatoms. The highest BCUT2D eigenvalue weighted by Crippen LogP contribution is 2.26. The first-order valence-electron chi connectivity index (χ1n) is 5.41. The van der Waals surface area contributed by atoms with E-state index >= 15 is 0 Å². The Morgan fingerprint density at radius 3 is 2.56 bits per heavy atom. The molecule has 2 rings (SSSR count). The van der Waals surface area contributed by atoms with Gasteiger partial charge >= 0.3 is 5.97 Å². The molecule has 1 fully saturated rings. The van der Waals surface area contributed by atoms with E-state index in [1.54, 1.807) is 0 Å². The van der Waals surface area contributed by atoms with Gasteiger partial charge in [-0.05, 0) is 53.4 Å². The topological polar surface area (TPSA) is 86.5 Å². The minimum absolute atomic E-state index is 0.0532. The minimum Gasteiger partial charge on any atom is -0.459 e. The first kappa shape index (κ1) is 13.5. The van der Waals surface area contributed by atoms with Gasteiger partial charge in [0.25, 0.3) is 0 Å². The summed E-state index contributed by atoms with van der Waals surface area (Å²) in [5.74, 6) is -0.530. The van der Waals surface area contributed by atoms with Crippen molar-refractivity contribution in [2.24, 2.45) is 5.14 Å². The van der Waals surface area contributed by atoms with Gasteiger partial charge in [0.15, 0.2) is 0 Å². The van der Waals surface area contributed by atoms with Gasteiger partial charge in [-0.2, -0.15) is 0 Å². The lowest BCUT2D eigenvalue weighted by Crippen LogP contribution is -2.25. The molecule has 0 aromatic heterocycles. The van der Waals surface area contributed by atoms with Crippen molar-refractivity contribution in [3.63, 3.8) is 0 Å². The molecule has 1 aliphatic carbocycles. The number of halogens is 1. The number of carbonyl (C=O) groups excluding carboxylic acids is 1. The van der Waals surface area contributed by atoms with Crippen molar-refractivity contribution >= 4 is 31.9 Å². The molecule has 0 unspecified atom stereocenters. The summed E-state index contributed by atoms with van der Waals surface area (Å²) in [5, 5.41) is 5.02. The lowest BCUT2D eigenvalue weighted by atomic mass is 9.96. The number of sulfonamides is 1. The van der Waals surface area contributed by atoms with Crippen LogP contribution in [0.1, 0.15) is 29.6 Å². The Morgan fingerprint density at radius 1 is 1.39 bits per heavy atom. The number of nitrogens with two attached hydrogens (primary N) is 1. The lowest BCUT2D eigenvalue weighted by molar-refractivity contribution is 0.00888. The van der Waals surface area contributed by atoms with Crippen molar-refractivity contribution in [1.29, 1.82) is 0 Å². The number of rotatable bonds is 3. The quantitative estimate of drug-likeness (QED) is 0.854. The first-order valence-corrected chi connectivity index (χ1v) is 7.75. The molecule has 1 aromatic carbocycles. The summed E-state index contributed by atoms with van der Waals surface area (Å²) >= 11 is 3.19. The SMILES string of the molecule is NS(=O)(=O)c1ccc(Br)c(C(=O)OC2CCC2)c1. The molecule has 0 heterocycles. The van der Waals surface area contributed by atoms with Gasteiger partial charge < -0.3 is 4.74 Å². The van der Waals surface area contributed by atoms with Crippen molar-refractivity contribution in [3.05, 3.63) is 28.2 Å². The summed E-state index contributed by atoms with van der Waals surface area (Å²) in [5.41, 5.74) is 0.174. The molecule has 0 atom stereocenters. The molecule has 1 saturated carbocycles. The molecule has 1 aliphatic rings. The second-order valence-corrected chi connectivity index (χ2v) is 6.56. The predicted molar refractivity (Wildman–Crippen MR) is 68.6 cm³/mol. The number of benzene rings is 1. The Hall–Kier alpha value is -0.920. The third-order valence-electron chi connectivity index (χ3n) is 2.81. The lowest BCUT2D eigenvalue weighted by Gasteiger charge is -2.25. The van der Waals surface area contributed by atoms with E-state index in [1.165, 1.54) is 18.2 Å². The molecule has 0 aliphatic heterocycles. The maximum atomic E-state index is 11.9. The second kappa shape index (κ2) is 4.99. The van der Waals surface area contributed by atoms with Crippen LogP contribution >= 0.6 is 15.9 Å². The number of primary sulfonamides is 1. The molecule has 0 saturated heterocycles. The Bertz CT molecular complexity index is 581. The van der Waals surface area contributed by atoms with Crippen LogP contribution in [0.4, 0.5) is 0 Å². The summed E-state index contributed by atoms with van der Waals surface area (Å²) in [6.45, 7) is 0. The highest BCUT2D eigenvalue weighted by atomic mass is 79.9. The van der Waals surface area contributed by atoms with Crippen LogP contribution < -0.4 is 5.14 Å². The first-order chi connectivity index (χ1) is 8.38. The summed E-state index contributed by atoms with van der Waals surface area (Å²) in [7, 11) is -3.82. The Labute approximate surface area is 113 Å². The predicted octanol–water partition coefficient (Wildman–Crippen LogP) is 1.81. The molecule has 0 bridgehead atoms. The fourth-order valence-electron chi connectivity index (χ4n) is 1.54. The van der Waals surface area contributed by atoms with Gasteiger partial charge in [-0.15, -0.1) is 0 Å². The van der Waals surface area contributed by atoms with Crippen molar-refractivity contribution in [2.45, 2.75) is 30.3 Å². The highest BCUT2D eigenvalue weighted by molar-refractivity contribution is 9.10. The van der Waals surface area contributed by atoms with Crippen LogP contribution in [0, 0.1) is 0 Å². The van der Waals surface area contributed by atoms with Crippen molar-refractivity contribution in [1.82, 2.24) is 0 Å². The van der Waals surface area contributed by atoms with Gasteiger partial charge in [-0.1, -0.05) is 0 Å². The smallest absolute Gasteiger partial charge is 0.339 e. The van der Waals surface area contributed by atoms with Gasteiger partial charge in [0, 0.05) is 4.47 Å². The van der Waals surface area contributed by atoms with Crippen LogP contribution in [0.3, 0.4) is 0 Å². The van der Waals surface area contributed by atoms with Crippen molar-refractivity contribution in [2.75, 3.05) is 0 Å². The number of hydrogen-bond acceptors (Lipinski definition) is 4. The maximum Gasteiger partial charge on any atom is 0.339 e. The Balaban J connectivity index is 2.28. The molecule has 5 nitrogen and oxygen atoms in total. The molecule has 0 amide bonds. The van der Waals surface area contributed by atoms with Crippen molar-refractivity contribution in [3.8, 4) is 0 Å². The Morgan fingerprint density at radius 2 is 2.06 bits per heavy atom. The third kappa shape index (κ3) is 2.90. The van der Waals surface area contributed by atoms with Crippen LogP contribution in [0.5, 0.6) is 0 Å². The fourth-order valence-corrected chi connectivity index (χ4v) is 2.49. The largest absolute Gasteiger partial charge is 0.459 e. The average molecular weight is 334 g/mol. The van der Waals surface area contributed by atoms with Crippen molar-refractivity contribution < 1.29 is 17.9 Å². The van der Waals surface area contributed by atoms with E-state index in [-0.39, 0.29) is 16.6 Å². The molecule has 98 valence electrons. The van der Waals surface area contributed by atoms with E-state index in [9.17, 15) is 13.2 Å². The maximum absolute atomic E-state index is 11.9. The Kier molecular flexibility index (Phi) is 3.74. The third-order valence-corrected chi connectivity index (χ3v) is 4.41. The molecule has 0 radical (unpaired) electrons. The zero-order valence-electron chi connectivity index (χ0n) is 9.43. The summed E-state index contributed by atoms with van der Waals surface area (Å²) < 4.78 is 28.1. The zero-order valence-corrected chi connectivity index (χ0v) is 11.8. The van der Waals surface area contributed by atoms with Gasteiger partial charge in [0.2, 0.25) is 10.0 Å². The van der Waals surface area contributed by atoms with E-state index in [1.807, 2.05) is 0 Å². The summed E-state index contributed by atoms with van der Waals surface area (Å²) in [6, 6.07) is 4.02. The van der Waals surface area contributed by atoms with Gasteiger partial charge in [-0.3, -0.25) is 0 Å². The second-order valence-electron chi connectivity index (χ2n) is 4.14. The number of hydrogen-bond donors (Lipinski definition) is 1. The van der Waals surface area contributed by atoms with E-state index in [2.05, 4.69) is 15.9 Å². The monoisotopic (exact) mass is 333 g/mol. The number of esters is 1. The number of carbonyl (C=O) groups is 1. The zero-order chi connectivity index (χ0) is 13.3. The number of ether oxygens (including phenoxy) is 1. The van der Waals surface area contributed by atoms with Crippen LogP contribution in [-0.4, -0.2) is 20.5 Å². The van der Waals surface area contributed by atoms with E-state index in [0.717, 1.165) is 19.3 Å². The van der Waals surface area contributed by atoms with Crippen LogP contribution in [0.25, 0.3) is 0 Å². The fraction of sp³-hybridized carbons (Fsp3) is 0.364. The minimum atomic E-state index is -3.82. The van der Waals surface area contributed by atoms with Gasteiger partial charge in [0.05, 0.1) is 10.5 Å².